The van der Waals surface area contributed by atoms with Gasteiger partial charge in [0, 0.05) is 0 Å². The average molecular weight is 639 g/mol. The van der Waals surface area contributed by atoms with Crippen molar-refractivity contribution in [3.05, 3.63) is 60.7 Å². The van der Waals surface area contributed by atoms with Crippen molar-refractivity contribution < 1.29 is 19.8 Å². The number of carboxylic acid groups (broad SMARTS) is 2. The predicted molar refractivity (Wildman–Crippen MR) is 101 cm³/mol. The zero-order valence-electron chi connectivity index (χ0n) is 12.2. The van der Waals surface area contributed by atoms with Gasteiger partial charge in [-0.15, -0.1) is 0 Å². The van der Waals surface area contributed by atoms with E-state index in [0.717, 1.165) is 0 Å². The Kier molecular flexibility index (Phi) is 14.4. The summed E-state index contributed by atoms with van der Waals surface area (Å²) in [6, 6.07) is 21.7. The van der Waals surface area contributed by atoms with Gasteiger partial charge in [-0.1, -0.05) is 31.9 Å². The molecular weight excluding hydrogens is 623 g/mol. The van der Waals surface area contributed by atoms with Gasteiger partial charge in [-0.2, -0.15) is 0 Å². The number of alkyl halides is 2. The van der Waals surface area contributed by atoms with Gasteiger partial charge in [0.25, 0.3) is 0 Å². The number of benzene rings is 2. The van der Waals surface area contributed by atoms with Crippen LogP contribution in [0, 0.1) is 0 Å². The summed E-state index contributed by atoms with van der Waals surface area (Å²) < 4.78 is 3.13. The first-order valence-electron chi connectivity index (χ1n) is 6.42. The summed E-state index contributed by atoms with van der Waals surface area (Å²) in [5, 5.41) is 15.4. The third-order valence-corrected chi connectivity index (χ3v) is 7.86. The molecular formula is C16H16Br2O4Pb. The van der Waals surface area contributed by atoms with Crippen molar-refractivity contribution in [2.75, 3.05) is 10.7 Å². The number of carbonyl (C=O) groups is 2. The molecule has 0 fully saturated rings. The molecule has 0 aliphatic heterocycles. The van der Waals surface area contributed by atoms with Gasteiger partial charge < -0.3 is 10.2 Å². The molecule has 23 heavy (non-hydrogen) atoms. The Bertz CT molecular complexity index is 513. The number of carboxylic acids is 2. The Labute approximate surface area is 164 Å². The van der Waals surface area contributed by atoms with Gasteiger partial charge in [0.05, 0.1) is 0 Å². The fourth-order valence-corrected chi connectivity index (χ4v) is 5.30. The van der Waals surface area contributed by atoms with Crippen molar-refractivity contribution in [1.82, 2.24) is 0 Å². The number of halogens is 2. The van der Waals surface area contributed by atoms with Crippen LogP contribution < -0.4 is 6.25 Å². The topological polar surface area (TPSA) is 74.6 Å². The molecule has 0 saturated carbocycles. The summed E-state index contributed by atoms with van der Waals surface area (Å²) in [6.07, 6.45) is 0. The van der Waals surface area contributed by atoms with Crippen LogP contribution in [-0.4, -0.2) is 57.0 Å². The summed E-state index contributed by atoms with van der Waals surface area (Å²) >= 11 is 4.69. The molecule has 0 aliphatic carbocycles. The molecule has 4 nitrogen and oxygen atoms in total. The van der Waals surface area contributed by atoms with Gasteiger partial charge in [0.15, 0.2) is 0 Å². The number of hydrogen-bond donors (Lipinski definition) is 2. The third-order valence-electron chi connectivity index (χ3n) is 2.06. The molecule has 2 radical (unpaired) electrons. The molecule has 7 heteroatoms. The Morgan fingerprint density at radius 3 is 1.22 bits per heavy atom. The Morgan fingerprint density at radius 1 is 0.739 bits per heavy atom. The Morgan fingerprint density at radius 2 is 1.00 bits per heavy atom. The van der Waals surface area contributed by atoms with Crippen molar-refractivity contribution in [3.8, 4) is 0 Å². The van der Waals surface area contributed by atoms with Crippen LogP contribution in [0.3, 0.4) is 0 Å². The standard InChI is InChI=1S/2C6H5.2C2H3BrO2.Pb/c2*1-2-4-6-5-3-1;2*3-1-2(4)5;/h2*1-5H;2*1H2,(H,4,5);. The van der Waals surface area contributed by atoms with Crippen LogP contribution in [0.1, 0.15) is 0 Å². The maximum absolute atomic E-state index is 9.32. The molecule has 0 heterocycles. The zero-order chi connectivity index (χ0) is 17.5. The fraction of sp³-hybridized carbons (Fsp3) is 0.125. The first kappa shape index (κ1) is 22.3. The van der Waals surface area contributed by atoms with E-state index >= 15 is 0 Å². The summed E-state index contributed by atoms with van der Waals surface area (Å²) in [7, 11) is 0. The Hall–Kier alpha value is -0.738. The van der Waals surface area contributed by atoms with Crippen LogP contribution in [0.5, 0.6) is 0 Å². The van der Waals surface area contributed by atoms with Gasteiger partial charge >= 0.3 is 103 Å². The van der Waals surface area contributed by atoms with Gasteiger partial charge in [-0.25, -0.2) is 0 Å². The van der Waals surface area contributed by atoms with Gasteiger partial charge in [-0.05, 0) is 0 Å². The third kappa shape index (κ3) is 14.6. The van der Waals surface area contributed by atoms with E-state index in [9.17, 15) is 9.59 Å². The molecule has 2 aromatic rings. The first-order chi connectivity index (χ1) is 11.0. The number of aliphatic carboxylic acids is 2. The molecule has 0 spiro atoms. The minimum atomic E-state index is -0.829. The summed E-state index contributed by atoms with van der Waals surface area (Å²) in [4.78, 5) is 18.6. The molecule has 2 rings (SSSR count). The van der Waals surface area contributed by atoms with Crippen LogP contribution in [-0.2, 0) is 9.59 Å². The van der Waals surface area contributed by atoms with E-state index in [-0.39, 0.29) is 10.7 Å². The van der Waals surface area contributed by atoms with E-state index in [0.29, 0.717) is 0 Å². The summed E-state index contributed by atoms with van der Waals surface area (Å²) in [5.74, 6) is -1.66. The molecule has 0 amide bonds. The fourth-order valence-electron chi connectivity index (χ4n) is 1.21. The Balaban J connectivity index is 0.000000406. The number of hydrogen-bond acceptors (Lipinski definition) is 2. The van der Waals surface area contributed by atoms with E-state index in [1.807, 2.05) is 0 Å². The molecule has 2 aromatic carbocycles. The molecule has 0 atom stereocenters. The molecule has 2 N–H and O–H groups in total. The molecule has 0 saturated heterocycles. The first-order valence-corrected chi connectivity index (χ1v) is 12.5. The van der Waals surface area contributed by atoms with E-state index in [2.05, 4.69) is 92.5 Å². The second-order valence-electron chi connectivity index (χ2n) is 3.91. The average Bonchev–Trinajstić information content (AvgIpc) is 2.58. The SMILES string of the molecule is O=C(O)CBr.O=C(O)CBr.c1cc[c]([Pb][c]2ccccc2)cc1. The second-order valence-corrected chi connectivity index (χ2v) is 10.5. The van der Waals surface area contributed by atoms with Crippen LogP contribution >= 0.6 is 31.9 Å². The zero-order valence-corrected chi connectivity index (χ0v) is 19.2. The van der Waals surface area contributed by atoms with E-state index < -0.39 is 36.2 Å². The van der Waals surface area contributed by atoms with Crippen molar-refractivity contribution >= 4 is 74.3 Å². The quantitative estimate of drug-likeness (QED) is 0.398. The van der Waals surface area contributed by atoms with E-state index in [1.54, 1.807) is 6.25 Å². The summed E-state index contributed by atoms with van der Waals surface area (Å²) in [6.45, 7) is 0. The molecule has 0 aliphatic rings. The number of rotatable bonds is 4. The van der Waals surface area contributed by atoms with E-state index in [1.165, 1.54) is 0 Å². The molecule has 122 valence electrons. The van der Waals surface area contributed by atoms with Crippen LogP contribution in [0.25, 0.3) is 0 Å². The van der Waals surface area contributed by atoms with E-state index in [4.69, 9.17) is 10.2 Å². The minimum absolute atomic E-state index is 0.0347. The molecule has 0 aromatic heterocycles. The van der Waals surface area contributed by atoms with Crippen molar-refractivity contribution in [1.29, 1.82) is 0 Å². The van der Waals surface area contributed by atoms with Gasteiger partial charge in [0.1, 0.15) is 10.7 Å². The van der Waals surface area contributed by atoms with Crippen molar-refractivity contribution in [2.45, 2.75) is 0 Å². The maximum atomic E-state index is 9.32. The van der Waals surface area contributed by atoms with Crippen LogP contribution in [0.2, 0.25) is 0 Å². The second kappa shape index (κ2) is 14.8. The van der Waals surface area contributed by atoms with Crippen LogP contribution in [0.15, 0.2) is 60.7 Å². The van der Waals surface area contributed by atoms with Crippen molar-refractivity contribution in [3.63, 3.8) is 0 Å². The van der Waals surface area contributed by atoms with Crippen LogP contribution in [0.4, 0.5) is 0 Å². The van der Waals surface area contributed by atoms with Gasteiger partial charge in [0.2, 0.25) is 0 Å². The van der Waals surface area contributed by atoms with Crippen molar-refractivity contribution in [2.24, 2.45) is 0 Å². The van der Waals surface area contributed by atoms with Gasteiger partial charge in [-0.3, -0.25) is 9.59 Å². The molecule has 0 bridgehead atoms. The predicted octanol–water partition coefficient (Wildman–Crippen LogP) is 2.27. The molecule has 0 unspecified atom stereocenters. The summed E-state index contributed by atoms with van der Waals surface area (Å²) in [5.41, 5.74) is 0. The monoisotopic (exact) mass is 638 g/mol. The normalized spacial score (nSPS) is 8.78.